The molecule has 0 spiro atoms. The van der Waals surface area contributed by atoms with E-state index in [9.17, 15) is 4.79 Å². The van der Waals surface area contributed by atoms with E-state index < -0.39 is 5.54 Å². The summed E-state index contributed by atoms with van der Waals surface area (Å²) >= 11 is 6.11. The number of amides is 1. The van der Waals surface area contributed by atoms with Gasteiger partial charge in [-0.1, -0.05) is 11.6 Å². The van der Waals surface area contributed by atoms with Gasteiger partial charge in [-0.25, -0.2) is 0 Å². The largest absolute Gasteiger partial charge is 0.481 e. The third kappa shape index (κ3) is 5.70. The lowest BCUT2D eigenvalue weighted by Crippen LogP contribution is -2.50. The first-order valence-corrected chi connectivity index (χ1v) is 6.98. The number of ether oxygens (including phenoxy) is 1. The topological polar surface area (TPSA) is 77.2 Å². The molecule has 0 unspecified atom stereocenters. The van der Waals surface area contributed by atoms with Gasteiger partial charge in [0.15, 0.2) is 6.61 Å². The molecule has 0 saturated heterocycles. The summed E-state index contributed by atoms with van der Waals surface area (Å²) in [5.41, 5.74) is 5.75. The number of nitrogens with zero attached hydrogens (tertiary/aromatic N) is 1. The molecule has 0 radical (unpaired) electrons. The van der Waals surface area contributed by atoms with Gasteiger partial charge in [0.05, 0.1) is 5.02 Å². The molecule has 0 bridgehead atoms. The van der Waals surface area contributed by atoms with Crippen LogP contribution in [0.5, 0.6) is 5.75 Å². The molecule has 0 aliphatic carbocycles. The van der Waals surface area contributed by atoms with Crippen LogP contribution < -0.4 is 15.8 Å². The van der Waals surface area contributed by atoms with Crippen LogP contribution in [0.4, 0.5) is 0 Å². The van der Waals surface area contributed by atoms with Crippen LogP contribution in [0.2, 0.25) is 5.02 Å². The van der Waals surface area contributed by atoms with Crippen LogP contribution in [0.1, 0.15) is 13.8 Å². The molecule has 23 heavy (non-hydrogen) atoms. The van der Waals surface area contributed by atoms with Crippen molar-refractivity contribution in [1.29, 1.82) is 0 Å². The van der Waals surface area contributed by atoms with Crippen molar-refractivity contribution >= 4 is 53.2 Å². The molecular weight excluding hydrogens is 361 g/mol. The van der Waals surface area contributed by atoms with Crippen LogP contribution in [0, 0.1) is 0 Å². The predicted octanol–water partition coefficient (Wildman–Crippen LogP) is 2.96. The van der Waals surface area contributed by atoms with Crippen molar-refractivity contribution in [3.8, 4) is 5.75 Å². The van der Waals surface area contributed by atoms with Crippen molar-refractivity contribution in [2.24, 2.45) is 5.73 Å². The quantitative estimate of drug-likeness (QED) is 0.836. The highest BCUT2D eigenvalue weighted by Crippen LogP contribution is 2.29. The third-order valence-electron chi connectivity index (χ3n) is 3.03. The molecule has 2 rings (SSSR count). The Morgan fingerprint density at radius 1 is 1.35 bits per heavy atom. The molecule has 1 heterocycles. The van der Waals surface area contributed by atoms with E-state index >= 15 is 0 Å². The summed E-state index contributed by atoms with van der Waals surface area (Å²) in [6, 6.07) is 7.09. The summed E-state index contributed by atoms with van der Waals surface area (Å²) in [5, 5.41) is 4.19. The van der Waals surface area contributed by atoms with Crippen molar-refractivity contribution in [2.45, 2.75) is 19.4 Å². The van der Waals surface area contributed by atoms with Crippen LogP contribution in [0.3, 0.4) is 0 Å². The van der Waals surface area contributed by atoms with Crippen molar-refractivity contribution < 1.29 is 9.53 Å². The fraction of sp³-hybridized carbons (Fsp3) is 0.333. The lowest BCUT2D eigenvalue weighted by Gasteiger charge is -2.24. The molecule has 0 aliphatic rings. The Kier molecular flexibility index (Phi) is 8.63. The molecule has 1 aromatic heterocycles. The molecule has 1 amide bonds. The van der Waals surface area contributed by atoms with Crippen LogP contribution in [0.15, 0.2) is 30.5 Å². The first kappa shape index (κ1) is 21.7. The van der Waals surface area contributed by atoms with Crippen LogP contribution in [0.25, 0.3) is 10.9 Å². The number of hydrogen-bond acceptors (Lipinski definition) is 4. The average molecular weight is 381 g/mol. The fourth-order valence-corrected chi connectivity index (χ4v) is 2.05. The van der Waals surface area contributed by atoms with E-state index in [4.69, 9.17) is 22.1 Å². The van der Waals surface area contributed by atoms with Gasteiger partial charge in [0.1, 0.15) is 11.3 Å². The van der Waals surface area contributed by atoms with E-state index in [-0.39, 0.29) is 37.3 Å². The maximum absolute atomic E-state index is 11.9. The lowest BCUT2D eigenvalue weighted by molar-refractivity contribution is -0.124. The number of benzene rings is 1. The first-order valence-electron chi connectivity index (χ1n) is 6.60. The number of rotatable bonds is 5. The van der Waals surface area contributed by atoms with Crippen molar-refractivity contribution in [3.05, 3.63) is 35.5 Å². The minimum atomic E-state index is -0.458. The number of halogens is 3. The summed E-state index contributed by atoms with van der Waals surface area (Å²) in [7, 11) is 0. The average Bonchev–Trinajstić information content (AvgIpc) is 2.46. The zero-order valence-electron chi connectivity index (χ0n) is 12.8. The van der Waals surface area contributed by atoms with Gasteiger partial charge in [-0.2, -0.15) is 0 Å². The van der Waals surface area contributed by atoms with Gasteiger partial charge in [0, 0.05) is 23.7 Å². The molecule has 0 fully saturated rings. The van der Waals surface area contributed by atoms with Gasteiger partial charge >= 0.3 is 0 Å². The normalized spacial score (nSPS) is 10.4. The number of nitrogens with one attached hydrogen (secondary N) is 1. The zero-order chi connectivity index (χ0) is 15.5. The third-order valence-corrected chi connectivity index (χ3v) is 3.36. The van der Waals surface area contributed by atoms with E-state index in [2.05, 4.69) is 10.3 Å². The van der Waals surface area contributed by atoms with E-state index in [1.807, 2.05) is 19.9 Å². The minimum absolute atomic E-state index is 0. The smallest absolute Gasteiger partial charge is 0.258 e. The van der Waals surface area contributed by atoms with Gasteiger partial charge in [-0.3, -0.25) is 9.78 Å². The van der Waals surface area contributed by atoms with Crippen LogP contribution in [-0.2, 0) is 4.79 Å². The fourth-order valence-electron chi connectivity index (χ4n) is 1.84. The molecule has 128 valence electrons. The predicted molar refractivity (Wildman–Crippen MR) is 98.0 cm³/mol. The Morgan fingerprint density at radius 3 is 2.70 bits per heavy atom. The standard InChI is InChI=1S/C15H18ClN3O2.2ClH/c1-15(2,9-17)19-13(20)8-21-12-6-5-11(16)10-4-3-7-18-14(10)12;;/h3-7H,8-9,17H2,1-2H3,(H,19,20);2*1H. The number of nitrogens with two attached hydrogens (primary N) is 1. The number of carbonyl (C=O) groups is 1. The summed E-state index contributed by atoms with van der Waals surface area (Å²) < 4.78 is 5.55. The van der Waals surface area contributed by atoms with Gasteiger partial charge in [0.25, 0.3) is 5.91 Å². The SMILES string of the molecule is CC(C)(CN)NC(=O)COc1ccc(Cl)c2cccnc12.Cl.Cl. The maximum Gasteiger partial charge on any atom is 0.258 e. The second kappa shape index (κ2) is 9.13. The Bertz CT molecular complexity index is 665. The minimum Gasteiger partial charge on any atom is -0.481 e. The van der Waals surface area contributed by atoms with Crippen molar-refractivity contribution in [2.75, 3.05) is 13.2 Å². The molecule has 2 aromatic rings. The Hall–Kier alpha value is -1.27. The van der Waals surface area contributed by atoms with Gasteiger partial charge < -0.3 is 15.8 Å². The summed E-state index contributed by atoms with van der Waals surface area (Å²) in [5.74, 6) is 0.292. The van der Waals surface area contributed by atoms with Gasteiger partial charge in [-0.15, -0.1) is 24.8 Å². The number of fused-ring (bicyclic) bond motifs is 1. The number of carbonyl (C=O) groups excluding carboxylic acids is 1. The molecule has 0 aliphatic heterocycles. The number of pyridine rings is 1. The van der Waals surface area contributed by atoms with Gasteiger partial charge in [-0.05, 0) is 38.1 Å². The van der Waals surface area contributed by atoms with Crippen molar-refractivity contribution in [3.63, 3.8) is 0 Å². The summed E-state index contributed by atoms with van der Waals surface area (Å²) in [4.78, 5) is 16.1. The molecule has 5 nitrogen and oxygen atoms in total. The van der Waals surface area contributed by atoms with E-state index in [1.54, 1.807) is 24.4 Å². The molecule has 1 aromatic carbocycles. The number of aromatic nitrogens is 1. The van der Waals surface area contributed by atoms with E-state index in [1.165, 1.54) is 0 Å². The highest BCUT2D eigenvalue weighted by Gasteiger charge is 2.18. The zero-order valence-corrected chi connectivity index (χ0v) is 15.2. The highest BCUT2D eigenvalue weighted by atomic mass is 35.5. The van der Waals surface area contributed by atoms with Crippen LogP contribution in [-0.4, -0.2) is 29.6 Å². The van der Waals surface area contributed by atoms with Crippen molar-refractivity contribution in [1.82, 2.24) is 10.3 Å². The molecule has 0 saturated carbocycles. The monoisotopic (exact) mass is 379 g/mol. The molecule has 8 heteroatoms. The van der Waals surface area contributed by atoms with E-state index in [0.29, 0.717) is 22.8 Å². The molecule has 3 N–H and O–H groups in total. The Balaban J connectivity index is 0.00000242. The highest BCUT2D eigenvalue weighted by molar-refractivity contribution is 6.35. The van der Waals surface area contributed by atoms with E-state index in [0.717, 1.165) is 5.39 Å². The maximum atomic E-state index is 11.9. The van der Waals surface area contributed by atoms with Gasteiger partial charge in [0.2, 0.25) is 0 Å². The number of hydrogen-bond donors (Lipinski definition) is 2. The lowest BCUT2D eigenvalue weighted by atomic mass is 10.1. The Morgan fingerprint density at radius 2 is 2.04 bits per heavy atom. The molecule has 0 atom stereocenters. The first-order chi connectivity index (χ1) is 9.93. The summed E-state index contributed by atoms with van der Waals surface area (Å²) in [6.07, 6.45) is 1.66. The summed E-state index contributed by atoms with van der Waals surface area (Å²) in [6.45, 7) is 3.95. The second-order valence-corrected chi connectivity index (χ2v) is 5.78. The molecular formula is C15H20Cl3N3O2. The Labute approximate surface area is 152 Å². The van der Waals surface area contributed by atoms with Crippen LogP contribution >= 0.6 is 36.4 Å². The second-order valence-electron chi connectivity index (χ2n) is 5.37.